The average Bonchev–Trinajstić information content (AvgIpc) is 3.01. The Morgan fingerprint density at radius 3 is 2.48 bits per heavy atom. The number of amides is 2. The number of rotatable bonds is 6. The first-order valence-electron chi connectivity index (χ1n) is 9.04. The van der Waals surface area contributed by atoms with E-state index in [2.05, 4.69) is 10.6 Å². The normalized spacial score (nSPS) is 31.6. The number of fused-ring (bicyclic) bond motifs is 1. The first kappa shape index (κ1) is 18.4. The van der Waals surface area contributed by atoms with Crippen molar-refractivity contribution in [1.82, 2.24) is 10.6 Å². The van der Waals surface area contributed by atoms with Crippen molar-refractivity contribution >= 4 is 35.1 Å². The highest BCUT2D eigenvalue weighted by molar-refractivity contribution is 8.00. The number of hydrogen-bond acceptors (Lipinski definition) is 5. The molecule has 2 saturated heterocycles. The highest BCUT2D eigenvalue weighted by Crippen LogP contribution is 2.35. The molecule has 0 radical (unpaired) electrons. The van der Waals surface area contributed by atoms with Gasteiger partial charge in [0.15, 0.2) is 17.3 Å². The van der Waals surface area contributed by atoms with E-state index in [1.807, 2.05) is 25.6 Å². The Labute approximate surface area is 152 Å². The van der Waals surface area contributed by atoms with Gasteiger partial charge < -0.3 is 10.6 Å². The second-order valence-electron chi connectivity index (χ2n) is 8.22. The molecule has 7 heteroatoms. The minimum absolute atomic E-state index is 0.0901. The van der Waals surface area contributed by atoms with Gasteiger partial charge in [0, 0.05) is 30.3 Å². The van der Waals surface area contributed by atoms with Crippen LogP contribution in [-0.4, -0.2) is 46.5 Å². The summed E-state index contributed by atoms with van der Waals surface area (Å²) in [6, 6.07) is 0.301. The van der Waals surface area contributed by atoms with E-state index in [9.17, 15) is 19.2 Å². The van der Waals surface area contributed by atoms with Crippen molar-refractivity contribution < 1.29 is 19.2 Å². The van der Waals surface area contributed by atoms with Gasteiger partial charge in [-0.3, -0.25) is 14.4 Å². The van der Waals surface area contributed by atoms with Gasteiger partial charge >= 0.3 is 6.03 Å². The third-order valence-corrected chi connectivity index (χ3v) is 6.88. The molecule has 1 saturated carbocycles. The summed E-state index contributed by atoms with van der Waals surface area (Å²) in [7, 11) is 0. The Balaban J connectivity index is 1.42. The van der Waals surface area contributed by atoms with Crippen molar-refractivity contribution in [1.29, 1.82) is 0 Å². The molecule has 0 unspecified atom stereocenters. The molecular weight excluding hydrogens is 340 g/mol. The van der Waals surface area contributed by atoms with E-state index in [-0.39, 0.29) is 40.9 Å². The molecule has 2 heterocycles. The molecule has 138 valence electrons. The fourth-order valence-corrected chi connectivity index (χ4v) is 5.72. The zero-order valence-electron chi connectivity index (χ0n) is 14.8. The summed E-state index contributed by atoms with van der Waals surface area (Å²) in [5.41, 5.74) is -0.319. The number of hydrogen-bond donors (Lipinski definition) is 2. The summed E-state index contributed by atoms with van der Waals surface area (Å²) in [5, 5.41) is 6.25. The number of thioether (sulfide) groups is 1. The molecule has 3 rings (SSSR count). The fraction of sp³-hybridized carbons (Fsp3) is 0.778. The van der Waals surface area contributed by atoms with Gasteiger partial charge in [-0.1, -0.05) is 20.3 Å². The summed E-state index contributed by atoms with van der Waals surface area (Å²) in [6.45, 7) is 3.79. The van der Waals surface area contributed by atoms with E-state index in [0.717, 1.165) is 18.6 Å². The van der Waals surface area contributed by atoms with Crippen LogP contribution >= 0.6 is 11.8 Å². The van der Waals surface area contributed by atoms with Gasteiger partial charge in [-0.05, 0) is 18.3 Å². The number of ketones is 3. The van der Waals surface area contributed by atoms with Crippen LogP contribution in [-0.2, 0) is 14.4 Å². The van der Waals surface area contributed by atoms with Gasteiger partial charge in [-0.25, -0.2) is 4.79 Å². The smallest absolute Gasteiger partial charge is 0.315 e. The van der Waals surface area contributed by atoms with E-state index in [0.29, 0.717) is 30.9 Å². The van der Waals surface area contributed by atoms with Crippen LogP contribution in [0.5, 0.6) is 0 Å². The van der Waals surface area contributed by atoms with E-state index in [1.165, 1.54) is 0 Å². The van der Waals surface area contributed by atoms with Crippen LogP contribution in [0.15, 0.2) is 0 Å². The van der Waals surface area contributed by atoms with Crippen molar-refractivity contribution in [2.45, 2.75) is 69.7 Å². The van der Waals surface area contributed by atoms with E-state index in [1.54, 1.807) is 0 Å². The summed E-state index contributed by atoms with van der Waals surface area (Å²) in [5.74, 6) is -0.719. The van der Waals surface area contributed by atoms with Gasteiger partial charge in [0.1, 0.15) is 5.92 Å². The number of nitrogens with one attached hydrogen (secondary N) is 2. The fourth-order valence-electron chi connectivity index (χ4n) is 4.18. The number of Topliss-reactive ketones (excluding diaryl/α,β-unsaturated/α-hetero) is 3. The lowest BCUT2D eigenvalue weighted by Gasteiger charge is -2.31. The summed E-state index contributed by atoms with van der Waals surface area (Å²) in [4.78, 5) is 48.0. The van der Waals surface area contributed by atoms with Gasteiger partial charge in [0.2, 0.25) is 0 Å². The van der Waals surface area contributed by atoms with Crippen molar-refractivity contribution in [3.8, 4) is 0 Å². The molecule has 6 nitrogen and oxygen atoms in total. The third kappa shape index (κ3) is 4.07. The monoisotopic (exact) mass is 366 g/mol. The predicted molar refractivity (Wildman–Crippen MR) is 95.5 cm³/mol. The van der Waals surface area contributed by atoms with E-state index >= 15 is 0 Å². The number of carbonyl (C=O) groups is 4. The van der Waals surface area contributed by atoms with E-state index in [4.69, 9.17) is 0 Å². The zero-order chi connectivity index (χ0) is 18.2. The quantitative estimate of drug-likeness (QED) is 0.425. The maximum absolute atomic E-state index is 12.3. The van der Waals surface area contributed by atoms with Crippen molar-refractivity contribution in [2.24, 2.45) is 11.3 Å². The molecule has 3 fully saturated rings. The minimum atomic E-state index is -1.02. The molecular formula is C18H26N2O4S. The Morgan fingerprint density at radius 1 is 1.12 bits per heavy atom. The molecule has 0 aromatic rings. The molecule has 3 aliphatic rings. The second-order valence-corrected chi connectivity index (χ2v) is 9.49. The van der Waals surface area contributed by atoms with Gasteiger partial charge in [0.05, 0.1) is 12.1 Å². The number of carbonyl (C=O) groups excluding carboxylic acids is 4. The first-order valence-corrected chi connectivity index (χ1v) is 10.1. The SMILES string of the molecule is CC1(C)CC(=O)C(C(=O)CCCC[C@@H]2SC[C@@H]3NC(=O)N[C@@H]32)C(=O)C1. The summed E-state index contributed by atoms with van der Waals surface area (Å²) in [6.07, 6.45) is 3.39. The molecule has 2 amide bonds. The molecule has 3 atom stereocenters. The summed E-state index contributed by atoms with van der Waals surface area (Å²) < 4.78 is 0. The van der Waals surface area contributed by atoms with Gasteiger partial charge in [0.25, 0.3) is 0 Å². The molecule has 1 aliphatic carbocycles. The molecule has 0 aromatic heterocycles. The standard InChI is InChI=1S/C18H26N2O4S/c1-18(2)7-12(22)15(13(23)8-18)11(21)5-3-4-6-14-16-10(9-25-14)19-17(24)20-16/h10,14-16H,3-9H2,1-2H3,(H2,19,20,24)/t10-,14-,16-/m0/s1. The lowest BCUT2D eigenvalue weighted by Crippen LogP contribution is -2.41. The van der Waals surface area contributed by atoms with Crippen LogP contribution in [0.25, 0.3) is 0 Å². The Morgan fingerprint density at radius 2 is 1.80 bits per heavy atom. The number of urea groups is 1. The molecule has 0 bridgehead atoms. The number of unbranched alkanes of at least 4 members (excludes halogenated alkanes) is 1. The Kier molecular flexibility index (Phi) is 5.23. The van der Waals surface area contributed by atoms with E-state index < -0.39 is 5.92 Å². The van der Waals surface area contributed by atoms with Crippen LogP contribution in [0, 0.1) is 11.3 Å². The molecule has 25 heavy (non-hydrogen) atoms. The van der Waals surface area contributed by atoms with Crippen molar-refractivity contribution in [3.63, 3.8) is 0 Å². The molecule has 0 spiro atoms. The van der Waals surface area contributed by atoms with Crippen molar-refractivity contribution in [2.75, 3.05) is 5.75 Å². The zero-order valence-corrected chi connectivity index (χ0v) is 15.6. The lowest BCUT2D eigenvalue weighted by molar-refractivity contribution is -0.145. The second kappa shape index (κ2) is 7.09. The highest BCUT2D eigenvalue weighted by Gasteiger charge is 2.44. The Bertz CT molecular complexity index is 584. The summed E-state index contributed by atoms with van der Waals surface area (Å²) >= 11 is 1.85. The maximum atomic E-state index is 12.3. The maximum Gasteiger partial charge on any atom is 0.315 e. The van der Waals surface area contributed by atoms with Gasteiger partial charge in [-0.2, -0.15) is 11.8 Å². The highest BCUT2D eigenvalue weighted by atomic mass is 32.2. The Hall–Kier alpha value is -1.37. The van der Waals surface area contributed by atoms with Crippen LogP contribution in [0.4, 0.5) is 4.79 Å². The molecule has 2 N–H and O–H groups in total. The third-order valence-electron chi connectivity index (χ3n) is 5.37. The predicted octanol–water partition coefficient (Wildman–Crippen LogP) is 1.86. The topological polar surface area (TPSA) is 92.3 Å². The van der Waals surface area contributed by atoms with Crippen LogP contribution in [0.2, 0.25) is 0 Å². The minimum Gasteiger partial charge on any atom is -0.332 e. The van der Waals surface area contributed by atoms with Crippen LogP contribution in [0.1, 0.15) is 52.4 Å². The lowest BCUT2D eigenvalue weighted by atomic mass is 9.70. The largest absolute Gasteiger partial charge is 0.332 e. The van der Waals surface area contributed by atoms with Gasteiger partial charge in [-0.15, -0.1) is 0 Å². The van der Waals surface area contributed by atoms with Crippen molar-refractivity contribution in [3.05, 3.63) is 0 Å². The average molecular weight is 366 g/mol. The van der Waals surface area contributed by atoms with Crippen LogP contribution < -0.4 is 10.6 Å². The molecule has 0 aromatic carbocycles. The molecule has 2 aliphatic heterocycles. The van der Waals surface area contributed by atoms with Crippen LogP contribution in [0.3, 0.4) is 0 Å². The first-order chi connectivity index (χ1) is 11.8.